The first-order valence-corrected chi connectivity index (χ1v) is 7.58. The van der Waals surface area contributed by atoms with Crippen molar-refractivity contribution >= 4 is 24.2 Å². The highest BCUT2D eigenvalue weighted by molar-refractivity contribution is 7.80. The van der Waals surface area contributed by atoms with Gasteiger partial charge in [-0.05, 0) is 48.6 Å². The van der Waals surface area contributed by atoms with E-state index in [1.807, 2.05) is 30.3 Å². The minimum atomic E-state index is 0.257. The van der Waals surface area contributed by atoms with Gasteiger partial charge in [-0.1, -0.05) is 24.3 Å². The number of aryl methyl sites for hydroxylation is 1. The maximum Gasteiger partial charge on any atom is 0.132 e. The van der Waals surface area contributed by atoms with Crippen molar-refractivity contribution < 1.29 is 0 Å². The third kappa shape index (κ3) is 3.12. The van der Waals surface area contributed by atoms with Crippen molar-refractivity contribution in [3.05, 3.63) is 59.2 Å². The van der Waals surface area contributed by atoms with E-state index in [4.69, 9.17) is 11.5 Å². The van der Waals surface area contributed by atoms with Crippen molar-refractivity contribution in [2.75, 3.05) is 0 Å². The lowest BCUT2D eigenvalue weighted by Gasteiger charge is -2.21. The van der Waals surface area contributed by atoms with E-state index in [0.717, 1.165) is 35.4 Å². The standard InChI is InChI=1S/C17H19N3S/c18-13-7-5-11-6-8-14(10-12(11)9-13)20-17(19)15-3-1-2-4-16(15)21/h1-4,6,8,10,13,21H,5,7,9,18H2,(H2,19,20). The van der Waals surface area contributed by atoms with Crippen LogP contribution in [0.2, 0.25) is 0 Å². The van der Waals surface area contributed by atoms with E-state index in [1.54, 1.807) is 0 Å². The summed E-state index contributed by atoms with van der Waals surface area (Å²) in [6.45, 7) is 0. The van der Waals surface area contributed by atoms with Crippen LogP contribution in [-0.2, 0) is 12.8 Å². The average molecular weight is 297 g/mol. The zero-order valence-corrected chi connectivity index (χ0v) is 12.7. The third-order valence-electron chi connectivity index (χ3n) is 3.89. The van der Waals surface area contributed by atoms with Crippen LogP contribution in [0.25, 0.3) is 0 Å². The Kier molecular flexibility index (Phi) is 3.99. The Hall–Kier alpha value is -1.78. The fraction of sp³-hybridized carbons (Fsp3) is 0.235. The van der Waals surface area contributed by atoms with Crippen LogP contribution in [0.4, 0.5) is 5.69 Å². The van der Waals surface area contributed by atoms with Crippen LogP contribution in [0.15, 0.2) is 52.4 Å². The second kappa shape index (κ2) is 5.92. The zero-order chi connectivity index (χ0) is 14.8. The highest BCUT2D eigenvalue weighted by Crippen LogP contribution is 2.26. The first kappa shape index (κ1) is 14.2. The summed E-state index contributed by atoms with van der Waals surface area (Å²) in [4.78, 5) is 5.36. The maximum atomic E-state index is 6.11. The van der Waals surface area contributed by atoms with Gasteiger partial charge in [0.25, 0.3) is 0 Å². The van der Waals surface area contributed by atoms with E-state index >= 15 is 0 Å². The normalized spacial score (nSPS) is 18.4. The molecule has 21 heavy (non-hydrogen) atoms. The number of thiol groups is 1. The number of hydrogen-bond acceptors (Lipinski definition) is 3. The van der Waals surface area contributed by atoms with Gasteiger partial charge < -0.3 is 11.5 Å². The summed E-state index contributed by atoms with van der Waals surface area (Å²) in [5, 5.41) is 0. The number of rotatable bonds is 2. The molecule has 4 N–H and O–H groups in total. The van der Waals surface area contributed by atoms with E-state index in [2.05, 4.69) is 29.8 Å². The van der Waals surface area contributed by atoms with Gasteiger partial charge in [-0.3, -0.25) is 0 Å². The minimum absolute atomic E-state index is 0.257. The molecule has 1 unspecified atom stereocenters. The van der Waals surface area contributed by atoms with Crippen molar-refractivity contribution in [1.82, 2.24) is 0 Å². The fourth-order valence-corrected chi connectivity index (χ4v) is 3.01. The molecule has 2 aromatic rings. The number of nitrogens with zero attached hydrogens (tertiary/aromatic N) is 1. The molecule has 0 fully saturated rings. The molecule has 1 aliphatic rings. The Bertz CT molecular complexity index is 694. The molecular weight excluding hydrogens is 278 g/mol. The molecule has 0 aromatic heterocycles. The summed E-state index contributed by atoms with van der Waals surface area (Å²) < 4.78 is 0. The van der Waals surface area contributed by atoms with E-state index in [1.165, 1.54) is 11.1 Å². The second-order valence-electron chi connectivity index (χ2n) is 5.47. The summed E-state index contributed by atoms with van der Waals surface area (Å²) in [5.74, 6) is 0.487. The van der Waals surface area contributed by atoms with Gasteiger partial charge >= 0.3 is 0 Å². The molecule has 0 aliphatic heterocycles. The highest BCUT2D eigenvalue weighted by Gasteiger charge is 2.15. The molecule has 108 valence electrons. The number of fused-ring (bicyclic) bond motifs is 1. The molecule has 0 radical (unpaired) electrons. The molecule has 0 bridgehead atoms. The minimum Gasteiger partial charge on any atom is -0.383 e. The molecule has 0 saturated heterocycles. The fourth-order valence-electron chi connectivity index (χ4n) is 2.73. The van der Waals surface area contributed by atoms with Crippen LogP contribution < -0.4 is 11.5 Å². The lowest BCUT2D eigenvalue weighted by atomic mass is 9.88. The molecule has 3 nitrogen and oxygen atoms in total. The first-order valence-electron chi connectivity index (χ1n) is 7.13. The summed E-state index contributed by atoms with van der Waals surface area (Å²) >= 11 is 4.42. The Labute approximate surface area is 130 Å². The Morgan fingerprint density at radius 2 is 1.95 bits per heavy atom. The largest absolute Gasteiger partial charge is 0.383 e. The lowest BCUT2D eigenvalue weighted by Crippen LogP contribution is -2.27. The van der Waals surface area contributed by atoms with Crippen molar-refractivity contribution in [1.29, 1.82) is 0 Å². The predicted molar refractivity (Wildman–Crippen MR) is 90.5 cm³/mol. The zero-order valence-electron chi connectivity index (χ0n) is 11.8. The molecule has 1 atom stereocenters. The molecule has 0 saturated carbocycles. The molecule has 1 aliphatic carbocycles. The molecular formula is C17H19N3S. The Morgan fingerprint density at radius 1 is 1.14 bits per heavy atom. The van der Waals surface area contributed by atoms with Crippen LogP contribution in [0.1, 0.15) is 23.1 Å². The van der Waals surface area contributed by atoms with Gasteiger partial charge in [0.1, 0.15) is 5.84 Å². The van der Waals surface area contributed by atoms with E-state index < -0.39 is 0 Å². The topological polar surface area (TPSA) is 64.4 Å². The average Bonchev–Trinajstić information content (AvgIpc) is 2.47. The van der Waals surface area contributed by atoms with Crippen molar-refractivity contribution in [2.24, 2.45) is 16.5 Å². The van der Waals surface area contributed by atoms with E-state index in [-0.39, 0.29) is 6.04 Å². The van der Waals surface area contributed by atoms with E-state index in [0.29, 0.717) is 5.84 Å². The Balaban J connectivity index is 1.93. The van der Waals surface area contributed by atoms with Gasteiger partial charge in [0.2, 0.25) is 0 Å². The van der Waals surface area contributed by atoms with Gasteiger partial charge in [0.15, 0.2) is 0 Å². The molecule has 2 aromatic carbocycles. The second-order valence-corrected chi connectivity index (χ2v) is 5.95. The van der Waals surface area contributed by atoms with Crippen molar-refractivity contribution in [2.45, 2.75) is 30.2 Å². The van der Waals surface area contributed by atoms with Gasteiger partial charge in [-0.15, -0.1) is 12.6 Å². The van der Waals surface area contributed by atoms with Crippen molar-refractivity contribution in [3.8, 4) is 0 Å². The van der Waals surface area contributed by atoms with Crippen LogP contribution in [0.5, 0.6) is 0 Å². The molecule has 0 heterocycles. The highest BCUT2D eigenvalue weighted by atomic mass is 32.1. The van der Waals surface area contributed by atoms with Gasteiger partial charge in [-0.25, -0.2) is 4.99 Å². The molecule has 0 amide bonds. The molecule has 3 rings (SSSR count). The number of benzene rings is 2. The Morgan fingerprint density at radius 3 is 2.76 bits per heavy atom. The molecule has 4 heteroatoms. The third-order valence-corrected chi connectivity index (χ3v) is 4.28. The van der Waals surface area contributed by atoms with E-state index in [9.17, 15) is 0 Å². The van der Waals surface area contributed by atoms with Crippen LogP contribution in [-0.4, -0.2) is 11.9 Å². The quantitative estimate of drug-likeness (QED) is 0.453. The van der Waals surface area contributed by atoms with Gasteiger partial charge in [0, 0.05) is 16.5 Å². The van der Waals surface area contributed by atoms with Gasteiger partial charge in [-0.2, -0.15) is 0 Å². The van der Waals surface area contributed by atoms with Crippen LogP contribution in [0.3, 0.4) is 0 Å². The lowest BCUT2D eigenvalue weighted by molar-refractivity contribution is 0.576. The summed E-state index contributed by atoms with van der Waals surface area (Å²) in [7, 11) is 0. The number of amidine groups is 1. The summed E-state index contributed by atoms with van der Waals surface area (Å²) in [5.41, 5.74) is 16.5. The van der Waals surface area contributed by atoms with Crippen LogP contribution in [0, 0.1) is 0 Å². The molecule has 0 spiro atoms. The summed E-state index contributed by atoms with van der Waals surface area (Å²) in [6.07, 6.45) is 3.03. The monoisotopic (exact) mass is 297 g/mol. The predicted octanol–water partition coefficient (Wildman–Crippen LogP) is 2.83. The SMILES string of the molecule is NC(=Nc1ccc2c(c1)CC(N)CC2)c1ccccc1S. The summed E-state index contributed by atoms with van der Waals surface area (Å²) in [6, 6.07) is 14.2. The smallest absolute Gasteiger partial charge is 0.132 e. The van der Waals surface area contributed by atoms with Crippen LogP contribution >= 0.6 is 12.6 Å². The number of nitrogens with two attached hydrogens (primary N) is 2. The number of hydrogen-bond donors (Lipinski definition) is 3. The number of aliphatic imine (C=N–C) groups is 1. The van der Waals surface area contributed by atoms with Crippen molar-refractivity contribution in [3.63, 3.8) is 0 Å². The first-order chi connectivity index (χ1) is 10.1. The maximum absolute atomic E-state index is 6.11. The van der Waals surface area contributed by atoms with Gasteiger partial charge in [0.05, 0.1) is 5.69 Å².